The zero-order chi connectivity index (χ0) is 22.7. The van der Waals surface area contributed by atoms with Gasteiger partial charge in [0.15, 0.2) is 0 Å². The first kappa shape index (κ1) is 22.5. The fourth-order valence-corrected chi connectivity index (χ4v) is 10.4. The summed E-state index contributed by atoms with van der Waals surface area (Å²) < 4.78 is 0. The van der Waals surface area contributed by atoms with Gasteiger partial charge in [-0.05, 0) is 115 Å². The predicted octanol–water partition coefficient (Wildman–Crippen LogP) is 8.31. The molecule has 3 saturated carbocycles. The van der Waals surface area contributed by atoms with Crippen molar-refractivity contribution in [1.29, 1.82) is 0 Å². The van der Waals surface area contributed by atoms with Crippen LogP contribution in [0.25, 0.3) is 0 Å². The maximum atomic E-state index is 10.9. The third-order valence-corrected chi connectivity index (χ3v) is 13.0. The number of aliphatic hydroxyl groups is 1. The van der Waals surface area contributed by atoms with Crippen LogP contribution in [0.2, 0.25) is 0 Å². The monoisotopic (exact) mass is 426 g/mol. The topological polar surface area (TPSA) is 20.2 Å². The molecule has 0 saturated heterocycles. The predicted molar refractivity (Wildman–Crippen MR) is 131 cm³/mol. The molecule has 1 nitrogen and oxygen atoms in total. The van der Waals surface area contributed by atoms with Gasteiger partial charge in [-0.15, -0.1) is 0 Å². The number of fused-ring (bicyclic) bond motifs is 6. The fraction of sp³-hybridized carbons (Fsp3) is 0.933. The Kier molecular flexibility index (Phi) is 4.66. The summed E-state index contributed by atoms with van der Waals surface area (Å²) in [6, 6.07) is 0. The molecule has 1 unspecified atom stereocenters. The molecule has 0 amide bonds. The highest BCUT2D eigenvalue weighted by atomic mass is 16.3. The van der Waals surface area contributed by atoms with Gasteiger partial charge in [0.1, 0.15) is 0 Å². The Morgan fingerprint density at radius 2 is 1.35 bits per heavy atom. The van der Waals surface area contributed by atoms with Crippen LogP contribution < -0.4 is 0 Å². The molecule has 0 aromatic rings. The molecular formula is C30H50O. The van der Waals surface area contributed by atoms with E-state index in [4.69, 9.17) is 0 Å². The molecule has 0 aliphatic heterocycles. The highest BCUT2D eigenvalue weighted by Gasteiger charge is 2.65. The second kappa shape index (κ2) is 6.43. The van der Waals surface area contributed by atoms with Gasteiger partial charge in [-0.3, -0.25) is 0 Å². The largest absolute Gasteiger partial charge is 0.393 e. The zero-order valence-corrected chi connectivity index (χ0v) is 22.0. The van der Waals surface area contributed by atoms with E-state index in [1.165, 1.54) is 64.2 Å². The van der Waals surface area contributed by atoms with Crippen LogP contribution in [-0.4, -0.2) is 11.2 Å². The molecule has 1 heteroatoms. The lowest BCUT2D eigenvalue weighted by Crippen LogP contribution is -2.61. The molecule has 0 bridgehead atoms. The van der Waals surface area contributed by atoms with Crippen molar-refractivity contribution in [2.24, 2.45) is 44.3 Å². The van der Waals surface area contributed by atoms with E-state index in [0.29, 0.717) is 33.0 Å². The van der Waals surface area contributed by atoms with Gasteiger partial charge >= 0.3 is 0 Å². The van der Waals surface area contributed by atoms with Gasteiger partial charge in [-0.25, -0.2) is 0 Å². The van der Waals surface area contributed by atoms with Crippen LogP contribution in [0, 0.1) is 44.3 Å². The van der Waals surface area contributed by atoms with Crippen LogP contribution in [0.3, 0.4) is 0 Å². The molecule has 5 aliphatic rings. The van der Waals surface area contributed by atoms with Crippen molar-refractivity contribution in [3.05, 3.63) is 11.1 Å². The molecule has 0 heterocycles. The quantitative estimate of drug-likeness (QED) is 0.386. The summed E-state index contributed by atoms with van der Waals surface area (Å²) in [5.74, 6) is 1.50. The Hall–Kier alpha value is -0.300. The van der Waals surface area contributed by atoms with Gasteiger partial charge in [-0.1, -0.05) is 66.5 Å². The summed E-state index contributed by atoms with van der Waals surface area (Å²) in [7, 11) is 0. The molecule has 5 rings (SSSR count). The molecule has 7 atom stereocenters. The number of hydrogen-bond acceptors (Lipinski definition) is 1. The highest BCUT2D eigenvalue weighted by molar-refractivity contribution is 5.38. The van der Waals surface area contributed by atoms with Crippen LogP contribution in [0.4, 0.5) is 0 Å². The first-order valence-corrected chi connectivity index (χ1v) is 13.6. The van der Waals surface area contributed by atoms with E-state index in [1.807, 2.05) is 11.1 Å². The molecular weight excluding hydrogens is 376 g/mol. The molecule has 1 N–H and O–H groups in total. The lowest BCUT2D eigenvalue weighted by atomic mass is 9.35. The summed E-state index contributed by atoms with van der Waals surface area (Å²) in [6.07, 6.45) is 14.5. The van der Waals surface area contributed by atoms with E-state index in [1.54, 1.807) is 0 Å². The van der Waals surface area contributed by atoms with Crippen LogP contribution in [-0.2, 0) is 0 Å². The Morgan fingerprint density at radius 1 is 0.677 bits per heavy atom. The first-order chi connectivity index (χ1) is 14.2. The smallest absolute Gasteiger partial charge is 0.0594 e. The minimum absolute atomic E-state index is 0.0473. The van der Waals surface area contributed by atoms with Gasteiger partial charge < -0.3 is 5.11 Å². The van der Waals surface area contributed by atoms with E-state index in [2.05, 4.69) is 55.4 Å². The van der Waals surface area contributed by atoms with Crippen molar-refractivity contribution in [3.8, 4) is 0 Å². The minimum Gasteiger partial charge on any atom is -0.393 e. The van der Waals surface area contributed by atoms with Crippen molar-refractivity contribution in [2.45, 2.75) is 132 Å². The van der Waals surface area contributed by atoms with Crippen molar-refractivity contribution < 1.29 is 5.11 Å². The SMILES string of the molecule is CC1(C)CC[C@]2(C)CC[C@]3(C)C4=C(CC[C@@]3(C)[C@@H]2C1)[C@@]1(C)CC[C@H](O)C(C)(C)C1CC4. The van der Waals surface area contributed by atoms with Crippen molar-refractivity contribution in [3.63, 3.8) is 0 Å². The standard InChI is InChI=1S/C30H50O/c1-25(2)15-16-27(5)17-18-29(7)21-9-10-22-26(3,4)24(31)12-13-28(22,6)20(21)11-14-30(29,8)23(27)19-25/h22-24,31H,9-19H2,1-8H3/t22?,23-,24+,27-,28-,29-,30+/m1/s1. The molecule has 0 spiro atoms. The summed E-state index contributed by atoms with van der Waals surface area (Å²) in [6.45, 7) is 20.5. The van der Waals surface area contributed by atoms with Crippen LogP contribution in [0.1, 0.15) is 126 Å². The lowest BCUT2D eigenvalue weighted by Gasteiger charge is -2.69. The molecule has 0 aromatic carbocycles. The van der Waals surface area contributed by atoms with Gasteiger partial charge in [0.25, 0.3) is 0 Å². The van der Waals surface area contributed by atoms with E-state index in [9.17, 15) is 5.11 Å². The third-order valence-electron chi connectivity index (χ3n) is 13.0. The number of hydrogen-bond donors (Lipinski definition) is 1. The van der Waals surface area contributed by atoms with Crippen LogP contribution in [0.5, 0.6) is 0 Å². The van der Waals surface area contributed by atoms with E-state index in [0.717, 1.165) is 12.3 Å². The minimum atomic E-state index is -0.128. The first-order valence-electron chi connectivity index (χ1n) is 13.6. The van der Waals surface area contributed by atoms with Crippen molar-refractivity contribution >= 4 is 0 Å². The van der Waals surface area contributed by atoms with Gasteiger partial charge in [0.05, 0.1) is 6.10 Å². The van der Waals surface area contributed by atoms with E-state index in [-0.39, 0.29) is 11.5 Å². The fourth-order valence-electron chi connectivity index (χ4n) is 10.4. The summed E-state index contributed by atoms with van der Waals surface area (Å²) >= 11 is 0. The Balaban J connectivity index is 1.59. The van der Waals surface area contributed by atoms with Gasteiger partial charge in [-0.2, -0.15) is 0 Å². The molecule has 5 aliphatic carbocycles. The maximum Gasteiger partial charge on any atom is 0.0594 e. The summed E-state index contributed by atoms with van der Waals surface area (Å²) in [5.41, 5.74) is 6.02. The van der Waals surface area contributed by atoms with Crippen LogP contribution >= 0.6 is 0 Å². The molecule has 0 radical (unpaired) electrons. The Morgan fingerprint density at radius 3 is 2.06 bits per heavy atom. The summed E-state index contributed by atoms with van der Waals surface area (Å²) in [4.78, 5) is 0. The Labute approximate surface area is 192 Å². The molecule has 31 heavy (non-hydrogen) atoms. The number of rotatable bonds is 0. The third kappa shape index (κ3) is 2.77. The molecule has 176 valence electrons. The average molecular weight is 427 g/mol. The number of allylic oxidation sites excluding steroid dienone is 2. The molecule has 3 fully saturated rings. The van der Waals surface area contributed by atoms with Gasteiger partial charge in [0, 0.05) is 0 Å². The van der Waals surface area contributed by atoms with E-state index >= 15 is 0 Å². The van der Waals surface area contributed by atoms with Gasteiger partial charge in [0.2, 0.25) is 0 Å². The zero-order valence-electron chi connectivity index (χ0n) is 22.0. The molecule has 0 aromatic heterocycles. The van der Waals surface area contributed by atoms with Crippen LogP contribution in [0.15, 0.2) is 11.1 Å². The van der Waals surface area contributed by atoms with E-state index < -0.39 is 0 Å². The number of aliphatic hydroxyl groups excluding tert-OH is 1. The summed E-state index contributed by atoms with van der Waals surface area (Å²) in [5, 5.41) is 10.9. The lowest BCUT2D eigenvalue weighted by molar-refractivity contribution is -0.154. The Bertz CT molecular complexity index is 803. The van der Waals surface area contributed by atoms with Crippen molar-refractivity contribution in [2.75, 3.05) is 0 Å². The second-order valence-corrected chi connectivity index (χ2v) is 15.2. The highest BCUT2D eigenvalue weighted by Crippen LogP contribution is 2.75. The average Bonchev–Trinajstić information content (AvgIpc) is 2.68. The second-order valence-electron chi connectivity index (χ2n) is 15.2. The maximum absolute atomic E-state index is 10.9. The van der Waals surface area contributed by atoms with Crippen molar-refractivity contribution in [1.82, 2.24) is 0 Å². The normalized spacial score (nSPS) is 53.1.